The van der Waals surface area contributed by atoms with Crippen LogP contribution in [0.15, 0.2) is 48.7 Å². The van der Waals surface area contributed by atoms with Crippen molar-refractivity contribution in [3.05, 3.63) is 59.8 Å². The zero-order valence-electron chi connectivity index (χ0n) is 14.9. The molecule has 0 N–H and O–H groups in total. The van der Waals surface area contributed by atoms with Gasteiger partial charge in [0.1, 0.15) is 6.61 Å². The molecule has 1 fully saturated rings. The number of rotatable bonds is 4. The predicted octanol–water partition coefficient (Wildman–Crippen LogP) is 2.36. The van der Waals surface area contributed by atoms with Crippen LogP contribution in [0.5, 0.6) is 5.88 Å². The number of ether oxygens (including phenoxy) is 1. The average molecular weight is 353 g/mol. The lowest BCUT2D eigenvalue weighted by Crippen LogP contribution is -2.36. The molecule has 26 heavy (non-hydrogen) atoms. The van der Waals surface area contributed by atoms with E-state index in [1.807, 2.05) is 30.3 Å². The summed E-state index contributed by atoms with van der Waals surface area (Å²) in [6.45, 7) is 4.43. The van der Waals surface area contributed by atoms with Gasteiger partial charge in [0, 0.05) is 50.9 Å². The second-order valence-corrected chi connectivity index (χ2v) is 6.31. The van der Waals surface area contributed by atoms with E-state index in [0.717, 1.165) is 12.0 Å². The van der Waals surface area contributed by atoms with Crippen LogP contribution in [-0.4, -0.2) is 52.8 Å². The summed E-state index contributed by atoms with van der Waals surface area (Å²) in [6, 6.07) is 13.2. The largest absolute Gasteiger partial charge is 0.473 e. The normalized spacial score (nSPS) is 14.7. The molecule has 136 valence electrons. The summed E-state index contributed by atoms with van der Waals surface area (Å²) >= 11 is 0. The van der Waals surface area contributed by atoms with Gasteiger partial charge in [-0.2, -0.15) is 0 Å². The SMILES string of the molecule is CC(=O)N1CCCN(C(=O)c2ccnc(OCc3ccccc3)c2)CC1. The van der Waals surface area contributed by atoms with E-state index >= 15 is 0 Å². The molecule has 2 aromatic rings. The first kappa shape index (κ1) is 17.9. The van der Waals surface area contributed by atoms with Crippen LogP contribution in [0, 0.1) is 0 Å². The van der Waals surface area contributed by atoms with E-state index in [9.17, 15) is 9.59 Å². The van der Waals surface area contributed by atoms with Crippen LogP contribution in [0.1, 0.15) is 29.3 Å². The highest BCUT2D eigenvalue weighted by Gasteiger charge is 2.21. The minimum atomic E-state index is -0.0534. The second-order valence-electron chi connectivity index (χ2n) is 6.31. The molecular weight excluding hydrogens is 330 g/mol. The van der Waals surface area contributed by atoms with E-state index in [-0.39, 0.29) is 11.8 Å². The van der Waals surface area contributed by atoms with E-state index < -0.39 is 0 Å². The first-order valence-corrected chi connectivity index (χ1v) is 8.81. The molecule has 0 saturated carbocycles. The fourth-order valence-corrected chi connectivity index (χ4v) is 2.97. The minimum Gasteiger partial charge on any atom is -0.473 e. The van der Waals surface area contributed by atoms with Crippen LogP contribution in [0.4, 0.5) is 0 Å². The van der Waals surface area contributed by atoms with Crippen molar-refractivity contribution in [3.63, 3.8) is 0 Å². The van der Waals surface area contributed by atoms with Crippen molar-refractivity contribution < 1.29 is 14.3 Å². The zero-order valence-corrected chi connectivity index (χ0v) is 14.9. The minimum absolute atomic E-state index is 0.0534. The van der Waals surface area contributed by atoms with E-state index in [2.05, 4.69) is 4.98 Å². The molecule has 2 amide bonds. The molecule has 0 spiro atoms. The maximum Gasteiger partial charge on any atom is 0.254 e. The molecule has 6 nitrogen and oxygen atoms in total. The van der Waals surface area contributed by atoms with Crippen molar-refractivity contribution >= 4 is 11.8 Å². The van der Waals surface area contributed by atoms with Crippen LogP contribution in [0.2, 0.25) is 0 Å². The summed E-state index contributed by atoms with van der Waals surface area (Å²) in [6.07, 6.45) is 2.38. The Hall–Kier alpha value is -2.89. The smallest absolute Gasteiger partial charge is 0.254 e. The van der Waals surface area contributed by atoms with Gasteiger partial charge in [-0.15, -0.1) is 0 Å². The Labute approximate surface area is 153 Å². The summed E-state index contributed by atoms with van der Waals surface area (Å²) in [5.41, 5.74) is 1.60. The average Bonchev–Trinajstić information content (AvgIpc) is 2.93. The van der Waals surface area contributed by atoms with Gasteiger partial charge in [-0.3, -0.25) is 9.59 Å². The van der Waals surface area contributed by atoms with Crippen LogP contribution in [0.25, 0.3) is 0 Å². The summed E-state index contributed by atoms with van der Waals surface area (Å²) in [4.78, 5) is 32.1. The van der Waals surface area contributed by atoms with Gasteiger partial charge >= 0.3 is 0 Å². The number of aromatic nitrogens is 1. The van der Waals surface area contributed by atoms with E-state index in [0.29, 0.717) is 44.2 Å². The second kappa shape index (κ2) is 8.47. The van der Waals surface area contributed by atoms with Gasteiger partial charge in [-0.05, 0) is 18.1 Å². The lowest BCUT2D eigenvalue weighted by Gasteiger charge is -2.21. The van der Waals surface area contributed by atoms with Gasteiger partial charge in [-0.1, -0.05) is 30.3 Å². The third-order valence-electron chi connectivity index (χ3n) is 4.44. The Bertz CT molecular complexity index is 764. The highest BCUT2D eigenvalue weighted by molar-refractivity contribution is 5.94. The van der Waals surface area contributed by atoms with Crippen LogP contribution < -0.4 is 4.74 Å². The van der Waals surface area contributed by atoms with Gasteiger partial charge in [0.15, 0.2) is 0 Å². The molecule has 0 aliphatic carbocycles. The quantitative estimate of drug-likeness (QED) is 0.846. The summed E-state index contributed by atoms with van der Waals surface area (Å²) in [7, 11) is 0. The Balaban J connectivity index is 1.63. The van der Waals surface area contributed by atoms with E-state index in [1.165, 1.54) is 0 Å². The Morgan fingerprint density at radius 1 is 1.04 bits per heavy atom. The number of hydrogen-bond acceptors (Lipinski definition) is 4. The summed E-state index contributed by atoms with van der Waals surface area (Å²) in [5.74, 6) is 0.432. The Morgan fingerprint density at radius 3 is 2.54 bits per heavy atom. The summed E-state index contributed by atoms with van der Waals surface area (Å²) in [5, 5.41) is 0. The Morgan fingerprint density at radius 2 is 1.77 bits per heavy atom. The van der Waals surface area contributed by atoms with Crippen molar-refractivity contribution in [1.82, 2.24) is 14.8 Å². The number of nitrogens with zero attached hydrogens (tertiary/aromatic N) is 3. The lowest BCUT2D eigenvalue weighted by molar-refractivity contribution is -0.128. The van der Waals surface area contributed by atoms with Crippen molar-refractivity contribution in [1.29, 1.82) is 0 Å². The molecule has 0 bridgehead atoms. The van der Waals surface area contributed by atoms with Gasteiger partial charge in [0.05, 0.1) is 0 Å². The molecule has 1 aliphatic heterocycles. The number of carbonyl (C=O) groups is 2. The van der Waals surface area contributed by atoms with E-state index in [1.54, 1.807) is 35.1 Å². The molecule has 2 heterocycles. The van der Waals surface area contributed by atoms with Crippen molar-refractivity contribution in [2.24, 2.45) is 0 Å². The molecule has 1 aromatic carbocycles. The standard InChI is InChI=1S/C20H23N3O3/c1-16(24)22-10-5-11-23(13-12-22)20(25)18-8-9-21-19(14-18)26-15-17-6-3-2-4-7-17/h2-4,6-9,14H,5,10-13,15H2,1H3. The molecule has 0 radical (unpaired) electrons. The molecule has 1 aromatic heterocycles. The number of carbonyl (C=O) groups excluding carboxylic acids is 2. The number of pyridine rings is 1. The van der Waals surface area contributed by atoms with Crippen molar-refractivity contribution in [2.45, 2.75) is 20.0 Å². The number of hydrogen-bond donors (Lipinski definition) is 0. The fourth-order valence-electron chi connectivity index (χ4n) is 2.97. The lowest BCUT2D eigenvalue weighted by atomic mass is 10.2. The van der Waals surface area contributed by atoms with Crippen molar-refractivity contribution in [2.75, 3.05) is 26.2 Å². The molecule has 1 saturated heterocycles. The Kier molecular flexibility index (Phi) is 5.84. The first-order valence-electron chi connectivity index (χ1n) is 8.81. The van der Waals surface area contributed by atoms with Gasteiger partial charge in [-0.25, -0.2) is 4.98 Å². The third-order valence-corrected chi connectivity index (χ3v) is 4.44. The molecule has 0 atom stereocenters. The fraction of sp³-hybridized carbons (Fsp3) is 0.350. The molecule has 3 rings (SSSR count). The molecule has 1 aliphatic rings. The maximum absolute atomic E-state index is 12.8. The monoisotopic (exact) mass is 353 g/mol. The third kappa shape index (κ3) is 4.59. The maximum atomic E-state index is 12.8. The predicted molar refractivity (Wildman–Crippen MR) is 97.8 cm³/mol. The molecule has 6 heteroatoms. The van der Waals surface area contributed by atoms with Gasteiger partial charge in [0.25, 0.3) is 5.91 Å². The van der Waals surface area contributed by atoms with Crippen molar-refractivity contribution in [3.8, 4) is 5.88 Å². The number of amides is 2. The van der Waals surface area contributed by atoms with E-state index in [4.69, 9.17) is 4.74 Å². The highest BCUT2D eigenvalue weighted by Crippen LogP contribution is 2.15. The topological polar surface area (TPSA) is 62.7 Å². The highest BCUT2D eigenvalue weighted by atomic mass is 16.5. The molecular formula is C20H23N3O3. The zero-order chi connectivity index (χ0) is 18.4. The van der Waals surface area contributed by atoms with Gasteiger partial charge < -0.3 is 14.5 Å². The van der Waals surface area contributed by atoms with Crippen LogP contribution in [0.3, 0.4) is 0 Å². The number of benzene rings is 1. The van der Waals surface area contributed by atoms with Crippen LogP contribution in [-0.2, 0) is 11.4 Å². The van der Waals surface area contributed by atoms with Gasteiger partial charge in [0.2, 0.25) is 11.8 Å². The summed E-state index contributed by atoms with van der Waals surface area (Å²) < 4.78 is 5.71. The molecule has 0 unspecified atom stereocenters. The van der Waals surface area contributed by atoms with Crippen LogP contribution >= 0.6 is 0 Å². The first-order chi connectivity index (χ1) is 12.6.